The van der Waals surface area contributed by atoms with E-state index in [4.69, 9.17) is 4.98 Å². The molecule has 1 aromatic rings. The van der Waals surface area contributed by atoms with Gasteiger partial charge in [0.25, 0.3) is 0 Å². The fourth-order valence-corrected chi connectivity index (χ4v) is 4.08. The zero-order chi connectivity index (χ0) is 13.9. The normalized spacial score (nSPS) is 27.1. The van der Waals surface area contributed by atoms with Crippen molar-refractivity contribution in [3.8, 4) is 0 Å². The van der Waals surface area contributed by atoms with Crippen LogP contribution in [-0.2, 0) is 13.1 Å². The van der Waals surface area contributed by atoms with E-state index >= 15 is 0 Å². The number of nitrogens with one attached hydrogen (secondary N) is 1. The topological polar surface area (TPSA) is 28.2 Å². The number of hydrogen-bond acceptors (Lipinski definition) is 4. The first-order valence-corrected chi connectivity index (χ1v) is 8.97. The largest absolute Gasteiger partial charge is 0.308 e. The highest BCUT2D eigenvalue weighted by atomic mass is 32.1. The highest BCUT2D eigenvalue weighted by Crippen LogP contribution is 2.28. The summed E-state index contributed by atoms with van der Waals surface area (Å²) in [6.07, 6.45) is 8.26. The monoisotopic (exact) mass is 293 g/mol. The molecule has 2 atom stereocenters. The third-order valence-corrected chi connectivity index (χ3v) is 5.66. The Labute approximate surface area is 126 Å². The quantitative estimate of drug-likeness (QED) is 0.871. The lowest BCUT2D eigenvalue weighted by Crippen LogP contribution is -2.38. The van der Waals surface area contributed by atoms with E-state index in [0.717, 1.165) is 31.1 Å². The molecule has 112 valence electrons. The summed E-state index contributed by atoms with van der Waals surface area (Å²) < 4.78 is 0. The van der Waals surface area contributed by atoms with E-state index in [1.807, 2.05) is 11.3 Å². The molecule has 1 aromatic heterocycles. The van der Waals surface area contributed by atoms with Crippen molar-refractivity contribution in [2.75, 3.05) is 7.05 Å². The van der Waals surface area contributed by atoms with Crippen LogP contribution in [0.2, 0.25) is 0 Å². The Bertz CT molecular complexity index is 427. The van der Waals surface area contributed by atoms with Gasteiger partial charge in [0, 0.05) is 30.6 Å². The van der Waals surface area contributed by atoms with Gasteiger partial charge in [-0.2, -0.15) is 0 Å². The molecule has 2 aliphatic rings. The standard InChI is InChI=1S/C16H27N3S/c1-12-5-3-4-6-15(12)19(2)10-14-11-20-16(18-14)9-17-13-7-8-13/h11-13,15,17H,3-10H2,1-2H3. The zero-order valence-electron chi connectivity index (χ0n) is 12.8. The molecule has 1 N–H and O–H groups in total. The highest BCUT2D eigenvalue weighted by molar-refractivity contribution is 7.09. The van der Waals surface area contributed by atoms with E-state index in [9.17, 15) is 0 Å². The van der Waals surface area contributed by atoms with E-state index in [1.165, 1.54) is 49.2 Å². The maximum atomic E-state index is 4.78. The van der Waals surface area contributed by atoms with Gasteiger partial charge < -0.3 is 5.32 Å². The first-order valence-electron chi connectivity index (χ1n) is 8.09. The molecule has 1 heterocycles. The summed E-state index contributed by atoms with van der Waals surface area (Å²) in [5, 5.41) is 7.04. The molecule has 0 bridgehead atoms. The smallest absolute Gasteiger partial charge is 0.107 e. The summed E-state index contributed by atoms with van der Waals surface area (Å²) in [5.41, 5.74) is 1.25. The van der Waals surface area contributed by atoms with Gasteiger partial charge >= 0.3 is 0 Å². The molecule has 0 amide bonds. The first kappa shape index (κ1) is 14.5. The molecule has 3 nitrogen and oxygen atoms in total. The molecular formula is C16H27N3S. The van der Waals surface area contributed by atoms with Crippen molar-refractivity contribution in [1.29, 1.82) is 0 Å². The molecule has 0 aromatic carbocycles. The van der Waals surface area contributed by atoms with Crippen LogP contribution in [0.25, 0.3) is 0 Å². The third-order valence-electron chi connectivity index (χ3n) is 4.76. The summed E-state index contributed by atoms with van der Waals surface area (Å²) in [6, 6.07) is 1.52. The van der Waals surface area contributed by atoms with Gasteiger partial charge in [0.2, 0.25) is 0 Å². The molecule has 0 spiro atoms. The lowest BCUT2D eigenvalue weighted by molar-refractivity contribution is 0.132. The molecule has 20 heavy (non-hydrogen) atoms. The Morgan fingerprint density at radius 1 is 1.30 bits per heavy atom. The van der Waals surface area contributed by atoms with Crippen molar-refractivity contribution in [2.45, 2.75) is 70.6 Å². The van der Waals surface area contributed by atoms with Crippen LogP contribution in [0.4, 0.5) is 0 Å². The molecule has 2 aliphatic carbocycles. The molecule has 3 rings (SSSR count). The van der Waals surface area contributed by atoms with E-state index in [2.05, 4.69) is 29.6 Å². The molecule has 4 heteroatoms. The van der Waals surface area contributed by atoms with Crippen molar-refractivity contribution in [2.24, 2.45) is 5.92 Å². The molecular weight excluding hydrogens is 266 g/mol. The van der Waals surface area contributed by atoms with Gasteiger partial charge in [0.05, 0.1) is 5.69 Å². The fourth-order valence-electron chi connectivity index (χ4n) is 3.35. The SMILES string of the molecule is CC1CCCCC1N(C)Cc1csc(CNC2CC2)n1. The van der Waals surface area contributed by atoms with Gasteiger partial charge in [0.1, 0.15) is 5.01 Å². The zero-order valence-corrected chi connectivity index (χ0v) is 13.6. The predicted molar refractivity (Wildman–Crippen MR) is 84.9 cm³/mol. The fraction of sp³-hybridized carbons (Fsp3) is 0.812. The van der Waals surface area contributed by atoms with E-state index < -0.39 is 0 Å². The number of hydrogen-bond donors (Lipinski definition) is 1. The average molecular weight is 293 g/mol. The van der Waals surface area contributed by atoms with E-state index in [1.54, 1.807) is 0 Å². The minimum Gasteiger partial charge on any atom is -0.308 e. The second-order valence-electron chi connectivity index (χ2n) is 6.63. The predicted octanol–water partition coefficient (Wildman–Crippen LogP) is 3.41. The Morgan fingerprint density at radius 2 is 2.10 bits per heavy atom. The first-order chi connectivity index (χ1) is 9.72. The van der Waals surface area contributed by atoms with Crippen LogP contribution < -0.4 is 5.32 Å². The van der Waals surface area contributed by atoms with Crippen molar-refractivity contribution in [1.82, 2.24) is 15.2 Å². The molecule has 2 saturated carbocycles. The van der Waals surface area contributed by atoms with Crippen LogP contribution in [0.3, 0.4) is 0 Å². The second kappa shape index (κ2) is 6.54. The van der Waals surface area contributed by atoms with Crippen molar-refractivity contribution in [3.63, 3.8) is 0 Å². The van der Waals surface area contributed by atoms with Crippen LogP contribution in [0, 0.1) is 5.92 Å². The summed E-state index contributed by atoms with van der Waals surface area (Å²) in [6.45, 7) is 4.38. The number of aromatic nitrogens is 1. The molecule has 0 saturated heterocycles. The maximum Gasteiger partial charge on any atom is 0.107 e. The number of nitrogens with zero attached hydrogens (tertiary/aromatic N) is 2. The second-order valence-corrected chi connectivity index (χ2v) is 7.57. The van der Waals surface area contributed by atoms with Gasteiger partial charge in [-0.1, -0.05) is 19.8 Å². The maximum absolute atomic E-state index is 4.78. The minimum absolute atomic E-state index is 0.749. The Kier molecular flexibility index (Phi) is 4.74. The van der Waals surface area contributed by atoms with Gasteiger partial charge in [0.15, 0.2) is 0 Å². The molecule has 0 radical (unpaired) electrons. The summed E-state index contributed by atoms with van der Waals surface area (Å²) in [5.74, 6) is 0.836. The lowest BCUT2D eigenvalue weighted by atomic mass is 9.85. The van der Waals surface area contributed by atoms with Crippen molar-refractivity contribution < 1.29 is 0 Å². The Morgan fingerprint density at radius 3 is 2.85 bits per heavy atom. The van der Waals surface area contributed by atoms with Crippen molar-refractivity contribution in [3.05, 3.63) is 16.1 Å². The summed E-state index contributed by atoms with van der Waals surface area (Å²) >= 11 is 1.81. The Hall–Kier alpha value is -0.450. The molecule has 0 aliphatic heterocycles. The lowest BCUT2D eigenvalue weighted by Gasteiger charge is -2.35. The summed E-state index contributed by atoms with van der Waals surface area (Å²) in [7, 11) is 2.27. The highest BCUT2D eigenvalue weighted by Gasteiger charge is 2.25. The minimum atomic E-state index is 0.749. The molecule has 2 unspecified atom stereocenters. The van der Waals surface area contributed by atoms with Gasteiger partial charge in [-0.15, -0.1) is 11.3 Å². The third kappa shape index (κ3) is 3.80. The van der Waals surface area contributed by atoms with Crippen LogP contribution in [0.5, 0.6) is 0 Å². The van der Waals surface area contributed by atoms with Crippen LogP contribution in [0.15, 0.2) is 5.38 Å². The van der Waals surface area contributed by atoms with Crippen LogP contribution in [0.1, 0.15) is 56.2 Å². The Balaban J connectivity index is 1.50. The van der Waals surface area contributed by atoms with Crippen LogP contribution in [-0.4, -0.2) is 29.0 Å². The van der Waals surface area contributed by atoms with Gasteiger partial charge in [-0.05, 0) is 38.6 Å². The van der Waals surface area contributed by atoms with Crippen molar-refractivity contribution >= 4 is 11.3 Å². The van der Waals surface area contributed by atoms with Gasteiger partial charge in [-0.3, -0.25) is 4.90 Å². The van der Waals surface area contributed by atoms with E-state index in [-0.39, 0.29) is 0 Å². The van der Waals surface area contributed by atoms with Crippen LogP contribution >= 0.6 is 11.3 Å². The number of thiazole rings is 1. The molecule has 2 fully saturated rings. The summed E-state index contributed by atoms with van der Waals surface area (Å²) in [4.78, 5) is 7.31. The van der Waals surface area contributed by atoms with E-state index in [0.29, 0.717) is 0 Å². The van der Waals surface area contributed by atoms with Gasteiger partial charge in [-0.25, -0.2) is 4.98 Å². The number of rotatable bonds is 6. The average Bonchev–Trinajstić information content (AvgIpc) is 3.17.